The van der Waals surface area contributed by atoms with Crippen LogP contribution in [0, 0.1) is 0 Å². The van der Waals surface area contributed by atoms with Crippen molar-refractivity contribution in [3.63, 3.8) is 0 Å². The molecule has 0 aromatic carbocycles. The molecule has 0 aliphatic rings. The van der Waals surface area contributed by atoms with Gasteiger partial charge in [-0.25, -0.2) is 0 Å². The molecule has 0 amide bonds. The van der Waals surface area contributed by atoms with Gasteiger partial charge < -0.3 is 10.4 Å². The molecule has 0 saturated heterocycles. The van der Waals surface area contributed by atoms with Crippen LogP contribution in [0.1, 0.15) is 23.4 Å². The van der Waals surface area contributed by atoms with Crippen molar-refractivity contribution in [2.45, 2.75) is 26.1 Å². The van der Waals surface area contributed by atoms with Gasteiger partial charge in [0, 0.05) is 29.2 Å². The first kappa shape index (κ1) is 12.3. The van der Waals surface area contributed by atoms with Crippen molar-refractivity contribution >= 4 is 11.3 Å². The predicted molar refractivity (Wildman–Crippen MR) is 68.9 cm³/mol. The zero-order chi connectivity index (χ0) is 12.1. The van der Waals surface area contributed by atoms with E-state index in [1.54, 1.807) is 16.0 Å². The first-order valence-corrected chi connectivity index (χ1v) is 6.56. The molecule has 17 heavy (non-hydrogen) atoms. The summed E-state index contributed by atoms with van der Waals surface area (Å²) in [5, 5.41) is 18.5. The van der Waals surface area contributed by atoms with Crippen LogP contribution in [0.4, 0.5) is 0 Å². The zero-order valence-electron chi connectivity index (χ0n) is 9.84. The molecule has 2 rings (SSSR count). The minimum Gasteiger partial charge on any atom is -0.394 e. The van der Waals surface area contributed by atoms with Gasteiger partial charge in [-0.15, -0.1) is 11.3 Å². The number of nitrogens with zero attached hydrogens (tertiary/aromatic N) is 2. The molecule has 0 radical (unpaired) electrons. The van der Waals surface area contributed by atoms with E-state index < -0.39 is 0 Å². The van der Waals surface area contributed by atoms with E-state index in [4.69, 9.17) is 5.11 Å². The van der Waals surface area contributed by atoms with Crippen LogP contribution >= 0.6 is 11.3 Å². The smallest absolute Gasteiger partial charge is 0.0640 e. The Hall–Kier alpha value is -1.17. The zero-order valence-corrected chi connectivity index (χ0v) is 10.7. The summed E-state index contributed by atoms with van der Waals surface area (Å²) in [6.45, 7) is 3.63. The molecule has 0 saturated carbocycles. The van der Waals surface area contributed by atoms with Gasteiger partial charge in [0.25, 0.3) is 0 Å². The van der Waals surface area contributed by atoms with Crippen molar-refractivity contribution in [1.29, 1.82) is 0 Å². The van der Waals surface area contributed by atoms with Gasteiger partial charge in [0.15, 0.2) is 0 Å². The molecule has 2 heterocycles. The molecule has 92 valence electrons. The predicted octanol–water partition coefficient (Wildman–Crippen LogP) is 1.79. The minimum absolute atomic E-state index is 0.125. The normalized spacial score (nSPS) is 12.8. The van der Waals surface area contributed by atoms with Crippen LogP contribution in [0.5, 0.6) is 0 Å². The van der Waals surface area contributed by atoms with Gasteiger partial charge >= 0.3 is 0 Å². The molecular formula is C12H17N3OS. The summed E-state index contributed by atoms with van der Waals surface area (Å²) >= 11 is 1.76. The first-order valence-electron chi connectivity index (χ1n) is 5.68. The van der Waals surface area contributed by atoms with E-state index in [0.717, 1.165) is 12.1 Å². The molecule has 0 unspecified atom stereocenters. The Morgan fingerprint density at radius 1 is 1.59 bits per heavy atom. The second kappa shape index (κ2) is 5.95. The average molecular weight is 251 g/mol. The molecule has 0 fully saturated rings. The van der Waals surface area contributed by atoms with Crippen LogP contribution in [0.2, 0.25) is 0 Å². The Morgan fingerprint density at radius 3 is 3.18 bits per heavy atom. The molecule has 0 aliphatic heterocycles. The van der Waals surface area contributed by atoms with Gasteiger partial charge in [-0.1, -0.05) is 6.07 Å². The SMILES string of the molecule is C[C@H](NCc1cnn(CCO)c1)c1cccs1. The van der Waals surface area contributed by atoms with E-state index in [1.807, 2.05) is 12.4 Å². The lowest BCUT2D eigenvalue weighted by atomic mass is 10.2. The summed E-state index contributed by atoms with van der Waals surface area (Å²) < 4.78 is 1.76. The van der Waals surface area contributed by atoms with E-state index in [0.29, 0.717) is 12.6 Å². The van der Waals surface area contributed by atoms with E-state index in [1.165, 1.54) is 4.88 Å². The van der Waals surface area contributed by atoms with E-state index in [-0.39, 0.29) is 6.61 Å². The quantitative estimate of drug-likeness (QED) is 0.823. The fraction of sp³-hybridized carbons (Fsp3) is 0.417. The van der Waals surface area contributed by atoms with Gasteiger partial charge in [0.1, 0.15) is 0 Å². The Bertz CT molecular complexity index is 438. The third-order valence-corrected chi connectivity index (χ3v) is 3.65. The van der Waals surface area contributed by atoms with Gasteiger partial charge in [-0.2, -0.15) is 5.10 Å². The Balaban J connectivity index is 1.84. The lowest BCUT2D eigenvalue weighted by molar-refractivity contribution is 0.269. The highest BCUT2D eigenvalue weighted by atomic mass is 32.1. The van der Waals surface area contributed by atoms with E-state index >= 15 is 0 Å². The maximum absolute atomic E-state index is 8.80. The standard InChI is InChI=1S/C12H17N3OS/c1-10(12-3-2-6-17-12)13-7-11-8-14-15(9-11)4-5-16/h2-3,6,8-10,13,16H,4-5,7H2,1H3/t10-/m0/s1. The molecule has 5 heteroatoms. The molecule has 4 nitrogen and oxygen atoms in total. The highest BCUT2D eigenvalue weighted by molar-refractivity contribution is 7.10. The third-order valence-electron chi connectivity index (χ3n) is 2.60. The summed E-state index contributed by atoms with van der Waals surface area (Å²) in [5.41, 5.74) is 1.14. The molecule has 0 spiro atoms. The molecule has 0 bridgehead atoms. The molecule has 0 aliphatic carbocycles. The number of aromatic nitrogens is 2. The maximum atomic E-state index is 8.80. The lowest BCUT2D eigenvalue weighted by Crippen LogP contribution is -2.16. The number of hydrogen-bond donors (Lipinski definition) is 2. The summed E-state index contributed by atoms with van der Waals surface area (Å²) in [5.74, 6) is 0. The van der Waals surface area contributed by atoms with E-state index in [2.05, 4.69) is 34.9 Å². The Morgan fingerprint density at radius 2 is 2.47 bits per heavy atom. The second-order valence-electron chi connectivity index (χ2n) is 3.95. The van der Waals surface area contributed by atoms with Crippen molar-refractivity contribution in [2.24, 2.45) is 0 Å². The number of thiophene rings is 1. The topological polar surface area (TPSA) is 50.1 Å². The molecular weight excluding hydrogens is 234 g/mol. The summed E-state index contributed by atoms with van der Waals surface area (Å²) in [4.78, 5) is 1.34. The van der Waals surface area contributed by atoms with Crippen LogP contribution < -0.4 is 5.32 Å². The molecule has 2 aromatic rings. The van der Waals surface area contributed by atoms with Crippen LogP contribution in [-0.4, -0.2) is 21.5 Å². The van der Waals surface area contributed by atoms with Gasteiger partial charge in [-0.3, -0.25) is 4.68 Å². The van der Waals surface area contributed by atoms with Crippen molar-refractivity contribution in [3.8, 4) is 0 Å². The number of rotatable bonds is 6. The maximum Gasteiger partial charge on any atom is 0.0640 e. The largest absolute Gasteiger partial charge is 0.394 e. The number of aliphatic hydroxyl groups is 1. The highest BCUT2D eigenvalue weighted by Gasteiger charge is 2.06. The van der Waals surface area contributed by atoms with Gasteiger partial charge in [0.2, 0.25) is 0 Å². The summed E-state index contributed by atoms with van der Waals surface area (Å²) in [6, 6.07) is 4.56. The monoisotopic (exact) mass is 251 g/mol. The van der Waals surface area contributed by atoms with Crippen molar-refractivity contribution in [3.05, 3.63) is 40.3 Å². The number of hydrogen-bond acceptors (Lipinski definition) is 4. The highest BCUT2D eigenvalue weighted by Crippen LogP contribution is 2.18. The fourth-order valence-corrected chi connectivity index (χ4v) is 2.39. The Kier molecular flexibility index (Phi) is 4.30. The van der Waals surface area contributed by atoms with Crippen molar-refractivity contribution in [2.75, 3.05) is 6.61 Å². The Labute approximate surface area is 105 Å². The fourth-order valence-electron chi connectivity index (χ4n) is 1.63. The lowest BCUT2D eigenvalue weighted by Gasteiger charge is -2.10. The second-order valence-corrected chi connectivity index (χ2v) is 4.93. The van der Waals surface area contributed by atoms with Crippen molar-refractivity contribution in [1.82, 2.24) is 15.1 Å². The molecule has 2 N–H and O–H groups in total. The van der Waals surface area contributed by atoms with Crippen LogP contribution in [0.25, 0.3) is 0 Å². The van der Waals surface area contributed by atoms with Gasteiger partial charge in [-0.05, 0) is 18.4 Å². The third kappa shape index (κ3) is 3.39. The van der Waals surface area contributed by atoms with Crippen molar-refractivity contribution < 1.29 is 5.11 Å². The molecule has 1 atom stereocenters. The summed E-state index contributed by atoms with van der Waals surface area (Å²) in [6.07, 6.45) is 3.80. The summed E-state index contributed by atoms with van der Waals surface area (Å²) in [7, 11) is 0. The van der Waals surface area contributed by atoms with Crippen LogP contribution in [0.3, 0.4) is 0 Å². The average Bonchev–Trinajstić information content (AvgIpc) is 2.97. The molecule has 2 aromatic heterocycles. The first-order chi connectivity index (χ1) is 8.29. The minimum atomic E-state index is 0.125. The number of nitrogens with one attached hydrogen (secondary N) is 1. The van der Waals surface area contributed by atoms with Crippen LogP contribution in [0.15, 0.2) is 29.9 Å². The van der Waals surface area contributed by atoms with Gasteiger partial charge in [0.05, 0.1) is 19.3 Å². The number of aliphatic hydroxyl groups excluding tert-OH is 1. The van der Waals surface area contributed by atoms with Crippen LogP contribution in [-0.2, 0) is 13.1 Å². The van der Waals surface area contributed by atoms with E-state index in [9.17, 15) is 0 Å².